The van der Waals surface area contributed by atoms with Gasteiger partial charge >= 0.3 is 31.8 Å². The van der Waals surface area contributed by atoms with Crippen molar-refractivity contribution in [3.8, 4) is 0 Å². The molecule has 1 N–H and O–H groups in total. The third-order valence-electron chi connectivity index (χ3n) is 1.30. The summed E-state index contributed by atoms with van der Waals surface area (Å²) < 4.78 is 0. The summed E-state index contributed by atoms with van der Waals surface area (Å²) in [5.41, 5.74) is 1.41. The van der Waals surface area contributed by atoms with E-state index in [1.165, 1.54) is 0 Å². The van der Waals surface area contributed by atoms with Crippen molar-refractivity contribution in [2.45, 2.75) is 6.92 Å². The van der Waals surface area contributed by atoms with E-state index in [0.29, 0.717) is 5.56 Å². The predicted molar refractivity (Wildman–Crippen MR) is 48.1 cm³/mol. The Morgan fingerprint density at radius 1 is 1.27 bits per heavy atom. The molecule has 3 heteroatoms. The van der Waals surface area contributed by atoms with Crippen LogP contribution in [0.4, 0.5) is 0 Å². The minimum atomic E-state index is -0.875. The van der Waals surface area contributed by atoms with Crippen LogP contribution >= 0.6 is 0 Å². The molecule has 0 spiro atoms. The van der Waals surface area contributed by atoms with Gasteiger partial charge in [-0.1, -0.05) is 17.7 Å². The number of aromatic carboxylic acids is 1. The first-order chi connectivity index (χ1) is 4.70. The van der Waals surface area contributed by atoms with Gasteiger partial charge in [-0.15, -0.1) is 0 Å². The van der Waals surface area contributed by atoms with Crippen molar-refractivity contribution in [3.05, 3.63) is 35.4 Å². The van der Waals surface area contributed by atoms with Crippen LogP contribution in [-0.2, 0) is 0 Å². The molecule has 2 nitrogen and oxygen atoms in total. The molecule has 0 aliphatic heterocycles. The van der Waals surface area contributed by atoms with Crippen LogP contribution in [0.25, 0.3) is 0 Å². The van der Waals surface area contributed by atoms with Crippen molar-refractivity contribution in [3.63, 3.8) is 0 Å². The van der Waals surface area contributed by atoms with Gasteiger partial charge in [-0.2, -0.15) is 0 Å². The average molecular weight is 254 g/mol. The van der Waals surface area contributed by atoms with Crippen LogP contribution in [0.3, 0.4) is 0 Å². The summed E-state index contributed by atoms with van der Waals surface area (Å²) in [5.74, 6) is -0.875. The number of hydrogen-bond acceptors (Lipinski definition) is 1. The Morgan fingerprint density at radius 2 is 1.73 bits per heavy atom. The molecule has 0 amide bonds. The summed E-state index contributed by atoms with van der Waals surface area (Å²) in [7, 11) is 0. The van der Waals surface area contributed by atoms with Crippen LogP contribution in [0.15, 0.2) is 24.3 Å². The Morgan fingerprint density at radius 3 is 2.09 bits per heavy atom. The Hall–Kier alpha value is -0.440. The third-order valence-corrected chi connectivity index (χ3v) is 1.30. The molecule has 0 saturated heterocycles. The van der Waals surface area contributed by atoms with Gasteiger partial charge in [0.15, 0.2) is 0 Å². The molecular weight excluding hydrogens is 243 g/mol. The van der Waals surface area contributed by atoms with Crippen molar-refractivity contribution in [2.75, 3.05) is 0 Å². The second-order valence-electron chi connectivity index (χ2n) is 2.17. The molecular formula is C8H11InO2. The van der Waals surface area contributed by atoms with Crippen molar-refractivity contribution >= 4 is 31.8 Å². The molecule has 0 aromatic heterocycles. The molecule has 0 saturated carbocycles. The number of benzene rings is 1. The second-order valence-corrected chi connectivity index (χ2v) is 2.17. The number of hydrogen-bond donors (Lipinski definition) is 1. The first-order valence-electron chi connectivity index (χ1n) is 3.00. The van der Waals surface area contributed by atoms with E-state index in [2.05, 4.69) is 0 Å². The van der Waals surface area contributed by atoms with Gasteiger partial charge in [0, 0.05) is 0 Å². The number of carboxylic acid groups (broad SMARTS) is 1. The standard InChI is InChI=1S/C8H8O2.In.3H/c1-6-2-4-7(5-3-6)8(9)10;;;;/h2-5H,1H3,(H,9,10);;;;. The van der Waals surface area contributed by atoms with Gasteiger partial charge in [-0.25, -0.2) is 4.79 Å². The van der Waals surface area contributed by atoms with Gasteiger partial charge in [0.2, 0.25) is 0 Å². The Bertz CT molecular complexity index is 241. The summed E-state index contributed by atoms with van der Waals surface area (Å²) in [6.45, 7) is 1.92. The van der Waals surface area contributed by atoms with Crippen LogP contribution in [0.1, 0.15) is 15.9 Å². The summed E-state index contributed by atoms with van der Waals surface area (Å²) in [6, 6.07) is 6.75. The molecule has 11 heavy (non-hydrogen) atoms. The average Bonchev–Trinajstić information content (AvgIpc) is 1.88. The maximum absolute atomic E-state index is 10.3. The quantitative estimate of drug-likeness (QED) is 0.792. The molecule has 0 radical (unpaired) electrons. The zero-order chi connectivity index (χ0) is 7.56. The molecule has 0 fully saturated rings. The van der Waals surface area contributed by atoms with E-state index in [9.17, 15) is 4.79 Å². The SMILES string of the molecule is Cc1ccc(C(=O)O)cc1.[InH3]. The fourth-order valence-corrected chi connectivity index (χ4v) is 0.696. The summed E-state index contributed by atoms with van der Waals surface area (Å²) in [5, 5.41) is 8.48. The summed E-state index contributed by atoms with van der Waals surface area (Å²) >= 11 is 0. The van der Waals surface area contributed by atoms with Crippen LogP contribution in [0.5, 0.6) is 0 Å². The van der Waals surface area contributed by atoms with Crippen molar-refractivity contribution < 1.29 is 9.90 Å². The molecule has 1 aromatic rings. The normalized spacial score (nSPS) is 8.45. The third kappa shape index (κ3) is 2.97. The Labute approximate surface area is 84.0 Å². The Balaban J connectivity index is 0.000001000. The second kappa shape index (κ2) is 4.44. The van der Waals surface area contributed by atoms with E-state index in [-0.39, 0.29) is 25.8 Å². The summed E-state index contributed by atoms with van der Waals surface area (Å²) in [6.07, 6.45) is 0. The van der Waals surface area contributed by atoms with Crippen LogP contribution in [0, 0.1) is 6.92 Å². The first kappa shape index (κ1) is 10.6. The van der Waals surface area contributed by atoms with E-state index < -0.39 is 5.97 Å². The van der Waals surface area contributed by atoms with Crippen molar-refractivity contribution in [1.29, 1.82) is 0 Å². The molecule has 1 rings (SSSR count). The van der Waals surface area contributed by atoms with Crippen LogP contribution in [0.2, 0.25) is 0 Å². The van der Waals surface area contributed by atoms with Crippen LogP contribution in [-0.4, -0.2) is 36.9 Å². The van der Waals surface area contributed by atoms with E-state index >= 15 is 0 Å². The maximum atomic E-state index is 10.3. The number of aryl methyl sites for hydroxylation is 1. The fraction of sp³-hybridized carbons (Fsp3) is 0.125. The zero-order valence-corrected chi connectivity index (χ0v) is 5.66. The summed E-state index contributed by atoms with van der Waals surface area (Å²) in [4.78, 5) is 10.3. The number of carboxylic acids is 1. The topological polar surface area (TPSA) is 37.3 Å². The molecule has 0 aliphatic carbocycles. The van der Waals surface area contributed by atoms with Gasteiger partial charge in [0.25, 0.3) is 0 Å². The molecule has 0 heterocycles. The van der Waals surface area contributed by atoms with Gasteiger partial charge in [0.1, 0.15) is 0 Å². The van der Waals surface area contributed by atoms with E-state index in [0.717, 1.165) is 5.56 Å². The van der Waals surface area contributed by atoms with Crippen molar-refractivity contribution in [2.24, 2.45) is 0 Å². The van der Waals surface area contributed by atoms with Crippen molar-refractivity contribution in [1.82, 2.24) is 0 Å². The van der Waals surface area contributed by atoms with Gasteiger partial charge in [0.05, 0.1) is 5.56 Å². The van der Waals surface area contributed by atoms with Gasteiger partial charge < -0.3 is 5.11 Å². The van der Waals surface area contributed by atoms with Gasteiger partial charge in [-0.3, -0.25) is 0 Å². The van der Waals surface area contributed by atoms with E-state index in [1.54, 1.807) is 24.3 Å². The first-order valence-corrected chi connectivity index (χ1v) is 3.00. The molecule has 0 atom stereocenters. The monoisotopic (exact) mass is 254 g/mol. The molecule has 0 aliphatic rings. The zero-order valence-electron chi connectivity index (χ0n) is 5.66. The van der Waals surface area contributed by atoms with Crippen LogP contribution < -0.4 is 0 Å². The number of carbonyl (C=O) groups is 1. The molecule has 58 valence electrons. The molecule has 0 bridgehead atoms. The Kier molecular flexibility index (Phi) is 4.26. The number of rotatable bonds is 1. The van der Waals surface area contributed by atoms with E-state index in [4.69, 9.17) is 5.11 Å². The fourth-order valence-electron chi connectivity index (χ4n) is 0.696. The minimum absolute atomic E-state index is 0. The van der Waals surface area contributed by atoms with E-state index in [1.807, 2.05) is 6.92 Å². The molecule has 1 aromatic carbocycles. The molecule has 0 unspecified atom stereocenters. The predicted octanol–water partition coefficient (Wildman–Crippen LogP) is 0.509. The van der Waals surface area contributed by atoms with Gasteiger partial charge in [-0.05, 0) is 19.1 Å².